The van der Waals surface area contributed by atoms with Gasteiger partial charge < -0.3 is 5.32 Å². The number of aryl methyl sites for hydroxylation is 1. The van der Waals surface area contributed by atoms with E-state index >= 15 is 0 Å². The SMILES string of the molecule is CCCCCCNCCSc1nnnn1C. The summed E-state index contributed by atoms with van der Waals surface area (Å²) in [6.07, 6.45) is 5.27. The molecule has 1 N–H and O–H groups in total. The quantitative estimate of drug-likeness (QED) is 0.526. The van der Waals surface area contributed by atoms with Crippen molar-refractivity contribution in [1.82, 2.24) is 25.5 Å². The van der Waals surface area contributed by atoms with Crippen LogP contribution in [0.2, 0.25) is 0 Å². The monoisotopic (exact) mass is 243 g/mol. The smallest absolute Gasteiger partial charge is 0.209 e. The number of nitrogens with zero attached hydrogens (tertiary/aromatic N) is 4. The van der Waals surface area contributed by atoms with Crippen LogP contribution in [0.4, 0.5) is 0 Å². The maximum Gasteiger partial charge on any atom is 0.209 e. The van der Waals surface area contributed by atoms with Crippen molar-refractivity contribution in [3.8, 4) is 0 Å². The zero-order chi connectivity index (χ0) is 11.6. The Morgan fingerprint density at radius 2 is 2.12 bits per heavy atom. The number of rotatable bonds is 9. The summed E-state index contributed by atoms with van der Waals surface area (Å²) in [6, 6.07) is 0. The lowest BCUT2D eigenvalue weighted by molar-refractivity contribution is 0.612. The molecule has 0 unspecified atom stereocenters. The third kappa shape index (κ3) is 5.46. The van der Waals surface area contributed by atoms with E-state index in [2.05, 4.69) is 27.8 Å². The molecule has 1 aromatic heterocycles. The van der Waals surface area contributed by atoms with Crippen LogP contribution in [0.15, 0.2) is 5.16 Å². The Hall–Kier alpha value is -0.620. The van der Waals surface area contributed by atoms with Crippen molar-refractivity contribution in [1.29, 1.82) is 0 Å². The van der Waals surface area contributed by atoms with Crippen molar-refractivity contribution in [2.75, 3.05) is 18.8 Å². The average Bonchev–Trinajstić information content (AvgIpc) is 2.68. The number of tetrazole rings is 1. The van der Waals surface area contributed by atoms with Gasteiger partial charge in [0.2, 0.25) is 5.16 Å². The van der Waals surface area contributed by atoms with Gasteiger partial charge in [-0.1, -0.05) is 37.9 Å². The van der Waals surface area contributed by atoms with Gasteiger partial charge in [0.15, 0.2) is 0 Å². The molecule has 0 aliphatic heterocycles. The van der Waals surface area contributed by atoms with E-state index in [9.17, 15) is 0 Å². The summed E-state index contributed by atoms with van der Waals surface area (Å²) in [7, 11) is 1.86. The van der Waals surface area contributed by atoms with E-state index in [0.29, 0.717) is 0 Å². The molecule has 0 saturated carbocycles. The van der Waals surface area contributed by atoms with E-state index < -0.39 is 0 Å². The molecule has 0 aliphatic rings. The van der Waals surface area contributed by atoms with Crippen LogP contribution in [0.25, 0.3) is 0 Å². The molecule has 1 heterocycles. The van der Waals surface area contributed by atoms with Crippen LogP contribution in [0, 0.1) is 0 Å². The highest BCUT2D eigenvalue weighted by Gasteiger charge is 2.01. The number of unbranched alkanes of at least 4 members (excludes halogenated alkanes) is 3. The van der Waals surface area contributed by atoms with E-state index in [0.717, 1.165) is 24.0 Å². The lowest BCUT2D eigenvalue weighted by Gasteiger charge is -2.03. The molecule has 6 heteroatoms. The van der Waals surface area contributed by atoms with Crippen LogP contribution >= 0.6 is 11.8 Å². The molecule has 0 aromatic carbocycles. The van der Waals surface area contributed by atoms with Crippen molar-refractivity contribution in [2.45, 2.75) is 37.8 Å². The van der Waals surface area contributed by atoms with Crippen molar-refractivity contribution in [3.05, 3.63) is 0 Å². The summed E-state index contributed by atoms with van der Waals surface area (Å²) in [5.74, 6) is 1.02. The first kappa shape index (κ1) is 13.4. The molecule has 0 bridgehead atoms. The second kappa shape index (κ2) is 8.52. The second-order valence-corrected chi connectivity index (χ2v) is 4.81. The zero-order valence-corrected chi connectivity index (χ0v) is 11.0. The Bertz CT molecular complexity index is 276. The topological polar surface area (TPSA) is 55.6 Å². The van der Waals surface area contributed by atoms with Crippen LogP contribution in [0.5, 0.6) is 0 Å². The molecule has 0 saturated heterocycles. The van der Waals surface area contributed by atoms with Crippen LogP contribution in [-0.4, -0.2) is 39.0 Å². The predicted octanol–water partition coefficient (Wildman–Crippen LogP) is 1.47. The summed E-state index contributed by atoms with van der Waals surface area (Å²) in [5.41, 5.74) is 0. The van der Waals surface area contributed by atoms with Crippen LogP contribution in [-0.2, 0) is 7.05 Å². The van der Waals surface area contributed by atoms with Crippen molar-refractivity contribution < 1.29 is 0 Å². The Morgan fingerprint density at radius 3 is 2.81 bits per heavy atom. The molecule has 16 heavy (non-hydrogen) atoms. The van der Waals surface area contributed by atoms with Gasteiger partial charge in [0.1, 0.15) is 0 Å². The molecule has 0 aliphatic carbocycles. The van der Waals surface area contributed by atoms with Crippen LogP contribution in [0.1, 0.15) is 32.6 Å². The Morgan fingerprint density at radius 1 is 1.25 bits per heavy atom. The highest BCUT2D eigenvalue weighted by Crippen LogP contribution is 2.10. The molecule has 5 nitrogen and oxygen atoms in total. The Kier molecular flexibility index (Phi) is 7.16. The number of nitrogens with one attached hydrogen (secondary N) is 1. The van der Waals surface area contributed by atoms with Gasteiger partial charge in [0.05, 0.1) is 0 Å². The second-order valence-electron chi connectivity index (χ2n) is 3.74. The lowest BCUT2D eigenvalue weighted by Crippen LogP contribution is -2.18. The van der Waals surface area contributed by atoms with Gasteiger partial charge in [-0.15, -0.1) is 5.10 Å². The molecular formula is C10H21N5S. The van der Waals surface area contributed by atoms with E-state index in [1.807, 2.05) is 7.05 Å². The van der Waals surface area contributed by atoms with Crippen molar-refractivity contribution in [3.63, 3.8) is 0 Å². The standard InChI is InChI=1S/C10H21N5S/c1-3-4-5-6-7-11-8-9-16-10-12-13-14-15(10)2/h11H,3-9H2,1-2H3. The minimum absolute atomic E-state index is 0.882. The summed E-state index contributed by atoms with van der Waals surface area (Å²) >= 11 is 1.69. The Balaban J connectivity index is 1.91. The van der Waals surface area contributed by atoms with E-state index in [1.165, 1.54) is 25.7 Å². The first-order valence-electron chi connectivity index (χ1n) is 5.90. The maximum atomic E-state index is 3.91. The van der Waals surface area contributed by atoms with Gasteiger partial charge >= 0.3 is 0 Å². The highest BCUT2D eigenvalue weighted by atomic mass is 32.2. The number of thioether (sulfide) groups is 1. The van der Waals surface area contributed by atoms with Crippen molar-refractivity contribution in [2.24, 2.45) is 7.05 Å². The lowest BCUT2D eigenvalue weighted by atomic mass is 10.2. The molecule has 0 fully saturated rings. The summed E-state index contributed by atoms with van der Waals surface area (Å²) in [5, 5.41) is 15.6. The number of aromatic nitrogens is 4. The molecule has 1 rings (SSSR count). The fourth-order valence-electron chi connectivity index (χ4n) is 1.36. The Labute approximate surface area is 101 Å². The first-order valence-corrected chi connectivity index (χ1v) is 6.89. The fraction of sp³-hybridized carbons (Fsp3) is 0.900. The van der Waals surface area contributed by atoms with Gasteiger partial charge in [-0.2, -0.15) is 0 Å². The van der Waals surface area contributed by atoms with E-state index in [4.69, 9.17) is 0 Å². The number of hydrogen-bond donors (Lipinski definition) is 1. The number of hydrogen-bond acceptors (Lipinski definition) is 5. The average molecular weight is 243 g/mol. The molecule has 0 radical (unpaired) electrons. The largest absolute Gasteiger partial charge is 0.316 e. The van der Waals surface area contributed by atoms with Crippen LogP contribution in [0.3, 0.4) is 0 Å². The molecule has 0 amide bonds. The van der Waals surface area contributed by atoms with Crippen LogP contribution < -0.4 is 5.32 Å². The molecular weight excluding hydrogens is 222 g/mol. The van der Waals surface area contributed by atoms with Crippen molar-refractivity contribution >= 4 is 11.8 Å². The van der Waals surface area contributed by atoms with Gasteiger partial charge in [-0.05, 0) is 23.4 Å². The summed E-state index contributed by atoms with van der Waals surface area (Å²) in [4.78, 5) is 0. The molecule has 0 spiro atoms. The van der Waals surface area contributed by atoms with Gasteiger partial charge in [-0.3, -0.25) is 0 Å². The zero-order valence-electron chi connectivity index (χ0n) is 10.1. The van der Waals surface area contributed by atoms with Gasteiger partial charge in [0, 0.05) is 19.3 Å². The molecule has 1 aromatic rings. The molecule has 0 atom stereocenters. The van der Waals surface area contributed by atoms with Gasteiger partial charge in [0.25, 0.3) is 0 Å². The first-order chi connectivity index (χ1) is 7.84. The molecule has 92 valence electrons. The van der Waals surface area contributed by atoms with E-state index in [-0.39, 0.29) is 0 Å². The minimum atomic E-state index is 0.882. The predicted molar refractivity (Wildman–Crippen MR) is 66.5 cm³/mol. The minimum Gasteiger partial charge on any atom is -0.316 e. The van der Waals surface area contributed by atoms with Gasteiger partial charge in [-0.25, -0.2) is 4.68 Å². The fourth-order valence-corrected chi connectivity index (χ4v) is 2.11. The summed E-state index contributed by atoms with van der Waals surface area (Å²) in [6.45, 7) is 4.38. The third-order valence-corrected chi connectivity index (χ3v) is 3.31. The van der Waals surface area contributed by atoms with E-state index in [1.54, 1.807) is 16.4 Å². The third-order valence-electron chi connectivity index (χ3n) is 2.30. The maximum absolute atomic E-state index is 3.91. The summed E-state index contributed by atoms with van der Waals surface area (Å²) < 4.78 is 1.70. The normalized spacial score (nSPS) is 10.9. The highest BCUT2D eigenvalue weighted by molar-refractivity contribution is 7.99.